The van der Waals surface area contributed by atoms with Crippen molar-refractivity contribution < 1.29 is 9.90 Å². The summed E-state index contributed by atoms with van der Waals surface area (Å²) in [6.07, 6.45) is 3.00. The van der Waals surface area contributed by atoms with Crippen LogP contribution < -0.4 is 0 Å². The predicted molar refractivity (Wildman–Crippen MR) is 77.0 cm³/mol. The number of aliphatic carboxylic acids is 1. The van der Waals surface area contributed by atoms with Crippen LogP contribution in [0.3, 0.4) is 0 Å². The van der Waals surface area contributed by atoms with E-state index in [0.717, 1.165) is 17.7 Å². The molecule has 2 unspecified atom stereocenters. The summed E-state index contributed by atoms with van der Waals surface area (Å²) in [5, 5.41) is 9.46. The fraction of sp³-hybridized carbons (Fsp3) is 0.500. The number of nitrogens with zero attached hydrogens (tertiary/aromatic N) is 1. The molecule has 2 atom stereocenters. The maximum atomic E-state index is 11.5. The first kappa shape index (κ1) is 15.1. The van der Waals surface area contributed by atoms with Gasteiger partial charge in [0.1, 0.15) is 6.04 Å². The summed E-state index contributed by atoms with van der Waals surface area (Å²) in [6, 6.07) is 9.14. The fourth-order valence-electron chi connectivity index (χ4n) is 2.11. The minimum atomic E-state index is -0.789. The summed E-state index contributed by atoms with van der Waals surface area (Å²) in [4.78, 5) is 13.5. The molecule has 0 fully saturated rings. The summed E-state index contributed by atoms with van der Waals surface area (Å²) in [7, 11) is 1.90. The Labute approximate surface area is 113 Å². The Morgan fingerprint density at radius 2 is 2.00 bits per heavy atom. The average Bonchev–Trinajstić information content (AvgIpc) is 2.36. The van der Waals surface area contributed by atoms with E-state index in [1.54, 1.807) is 11.8 Å². The zero-order valence-electron chi connectivity index (χ0n) is 11.2. The van der Waals surface area contributed by atoms with E-state index in [9.17, 15) is 9.90 Å². The van der Waals surface area contributed by atoms with Gasteiger partial charge in [-0.3, -0.25) is 9.69 Å². The van der Waals surface area contributed by atoms with Gasteiger partial charge in [-0.1, -0.05) is 37.3 Å². The lowest BCUT2D eigenvalue weighted by Gasteiger charge is -2.32. The lowest BCUT2D eigenvalue weighted by molar-refractivity contribution is -0.143. The number of hydrogen-bond donors (Lipinski definition) is 1. The van der Waals surface area contributed by atoms with Crippen molar-refractivity contribution in [2.75, 3.05) is 19.1 Å². The molecule has 1 aromatic carbocycles. The smallest absolute Gasteiger partial charge is 0.325 e. The van der Waals surface area contributed by atoms with Gasteiger partial charge in [0.15, 0.2) is 0 Å². The lowest BCUT2D eigenvalue weighted by Crippen LogP contribution is -2.40. The van der Waals surface area contributed by atoms with Gasteiger partial charge in [-0.2, -0.15) is 11.8 Å². The highest BCUT2D eigenvalue weighted by Gasteiger charge is 2.28. The van der Waals surface area contributed by atoms with Crippen LogP contribution in [0.4, 0.5) is 0 Å². The summed E-state index contributed by atoms with van der Waals surface area (Å²) >= 11 is 1.75. The van der Waals surface area contributed by atoms with Crippen LogP contribution in [0.1, 0.15) is 24.9 Å². The second-order valence-electron chi connectivity index (χ2n) is 4.33. The topological polar surface area (TPSA) is 40.5 Å². The highest BCUT2D eigenvalue weighted by atomic mass is 32.2. The van der Waals surface area contributed by atoms with E-state index in [1.807, 2.05) is 42.3 Å². The largest absolute Gasteiger partial charge is 0.480 e. The first-order valence-electron chi connectivity index (χ1n) is 6.10. The van der Waals surface area contributed by atoms with E-state index in [-0.39, 0.29) is 6.04 Å². The Morgan fingerprint density at radius 1 is 1.39 bits per heavy atom. The predicted octanol–water partition coefficient (Wildman–Crippen LogP) is 2.89. The summed E-state index contributed by atoms with van der Waals surface area (Å²) < 4.78 is 0. The van der Waals surface area contributed by atoms with Crippen molar-refractivity contribution in [3.63, 3.8) is 0 Å². The van der Waals surface area contributed by atoms with Crippen molar-refractivity contribution in [1.29, 1.82) is 0 Å². The molecule has 1 N–H and O–H groups in total. The molecule has 3 nitrogen and oxygen atoms in total. The van der Waals surface area contributed by atoms with Crippen LogP contribution in [0.15, 0.2) is 30.3 Å². The van der Waals surface area contributed by atoms with Crippen molar-refractivity contribution >= 4 is 17.7 Å². The molecule has 18 heavy (non-hydrogen) atoms. The molecule has 0 radical (unpaired) electrons. The number of likely N-dealkylation sites (N-methyl/N-ethyl adjacent to an activating group) is 1. The number of hydrogen-bond acceptors (Lipinski definition) is 3. The van der Waals surface area contributed by atoms with Gasteiger partial charge in [-0.15, -0.1) is 0 Å². The fourth-order valence-corrected chi connectivity index (χ4v) is 2.97. The molecule has 0 spiro atoms. The van der Waals surface area contributed by atoms with E-state index in [4.69, 9.17) is 0 Å². The van der Waals surface area contributed by atoms with Crippen molar-refractivity contribution in [1.82, 2.24) is 4.90 Å². The molecular formula is C14H21NO2S. The number of carbonyl (C=O) groups is 1. The second kappa shape index (κ2) is 7.44. The average molecular weight is 267 g/mol. The van der Waals surface area contributed by atoms with Crippen LogP contribution in [0.2, 0.25) is 0 Å². The van der Waals surface area contributed by atoms with Crippen LogP contribution in [0.25, 0.3) is 0 Å². The standard InChI is InChI=1S/C14H21NO2S/c1-4-12(10-18-3)15(2)13(14(16)17)11-8-6-5-7-9-11/h5-9,12-13H,4,10H2,1-3H3,(H,16,17). The zero-order valence-corrected chi connectivity index (χ0v) is 12.0. The van der Waals surface area contributed by atoms with Crippen molar-refractivity contribution in [2.45, 2.75) is 25.4 Å². The van der Waals surface area contributed by atoms with E-state index in [1.165, 1.54) is 0 Å². The SMILES string of the molecule is CCC(CSC)N(C)C(C(=O)O)c1ccccc1. The molecule has 0 aromatic heterocycles. The van der Waals surface area contributed by atoms with Crippen molar-refractivity contribution in [3.8, 4) is 0 Å². The zero-order chi connectivity index (χ0) is 13.5. The Balaban J connectivity index is 2.95. The Kier molecular flexibility index (Phi) is 6.22. The van der Waals surface area contributed by atoms with Crippen molar-refractivity contribution in [2.24, 2.45) is 0 Å². The van der Waals surface area contributed by atoms with E-state index < -0.39 is 12.0 Å². The molecule has 100 valence electrons. The van der Waals surface area contributed by atoms with E-state index in [2.05, 4.69) is 13.2 Å². The van der Waals surface area contributed by atoms with Gasteiger partial charge in [-0.25, -0.2) is 0 Å². The third-order valence-corrected chi connectivity index (χ3v) is 3.88. The normalized spacial score (nSPS) is 14.4. The van der Waals surface area contributed by atoms with Gasteiger partial charge in [-0.05, 0) is 25.3 Å². The molecule has 0 amide bonds. The lowest BCUT2D eigenvalue weighted by atomic mass is 10.0. The van der Waals surface area contributed by atoms with Crippen LogP contribution in [0.5, 0.6) is 0 Å². The molecule has 4 heteroatoms. The molecule has 0 saturated heterocycles. The van der Waals surface area contributed by atoms with Gasteiger partial charge in [0.2, 0.25) is 0 Å². The minimum Gasteiger partial charge on any atom is -0.480 e. The maximum Gasteiger partial charge on any atom is 0.325 e. The van der Waals surface area contributed by atoms with Gasteiger partial charge < -0.3 is 5.11 Å². The molecule has 0 aliphatic carbocycles. The first-order valence-corrected chi connectivity index (χ1v) is 7.49. The van der Waals surface area contributed by atoms with Crippen LogP contribution in [0, 0.1) is 0 Å². The summed E-state index contributed by atoms with van der Waals surface area (Å²) in [5.41, 5.74) is 0.840. The molecule has 1 rings (SSSR count). The molecule has 0 aliphatic rings. The Bertz CT molecular complexity index is 369. The van der Waals surface area contributed by atoms with Crippen LogP contribution in [-0.4, -0.2) is 41.1 Å². The van der Waals surface area contributed by atoms with Gasteiger partial charge in [0, 0.05) is 11.8 Å². The third kappa shape index (κ3) is 3.75. The quantitative estimate of drug-likeness (QED) is 0.824. The molecule has 0 aliphatic heterocycles. The van der Waals surface area contributed by atoms with Gasteiger partial charge in [0.25, 0.3) is 0 Å². The number of benzene rings is 1. The first-order chi connectivity index (χ1) is 8.61. The highest BCUT2D eigenvalue weighted by Crippen LogP contribution is 2.24. The van der Waals surface area contributed by atoms with Crippen LogP contribution >= 0.6 is 11.8 Å². The van der Waals surface area contributed by atoms with Gasteiger partial charge in [0.05, 0.1) is 0 Å². The number of carboxylic acid groups (broad SMARTS) is 1. The third-order valence-electron chi connectivity index (χ3n) is 3.16. The molecule has 0 saturated carbocycles. The Morgan fingerprint density at radius 3 is 2.44 bits per heavy atom. The molecule has 0 heterocycles. The molecule has 0 bridgehead atoms. The monoisotopic (exact) mass is 267 g/mol. The van der Waals surface area contributed by atoms with E-state index in [0.29, 0.717) is 0 Å². The minimum absolute atomic E-state index is 0.279. The number of rotatable bonds is 7. The maximum absolute atomic E-state index is 11.5. The highest BCUT2D eigenvalue weighted by molar-refractivity contribution is 7.98. The summed E-state index contributed by atoms with van der Waals surface area (Å²) in [6.45, 7) is 2.10. The second-order valence-corrected chi connectivity index (χ2v) is 5.25. The van der Waals surface area contributed by atoms with Crippen molar-refractivity contribution in [3.05, 3.63) is 35.9 Å². The van der Waals surface area contributed by atoms with Crippen LogP contribution in [-0.2, 0) is 4.79 Å². The number of thioether (sulfide) groups is 1. The number of carboxylic acids is 1. The van der Waals surface area contributed by atoms with Gasteiger partial charge >= 0.3 is 5.97 Å². The molecular weight excluding hydrogens is 246 g/mol. The van der Waals surface area contributed by atoms with E-state index >= 15 is 0 Å². The Hall–Kier alpha value is -1.00. The summed E-state index contributed by atoms with van der Waals surface area (Å²) in [5.74, 6) is 0.159. The molecule has 1 aromatic rings.